The molecule has 0 atom stereocenters. The quantitative estimate of drug-likeness (QED) is 0.839. The molecule has 5 heteroatoms. The van der Waals surface area contributed by atoms with Gasteiger partial charge in [-0.05, 0) is 36.8 Å². The number of carbonyl (C=O) groups is 1. The van der Waals surface area contributed by atoms with E-state index in [1.54, 1.807) is 13.2 Å². The summed E-state index contributed by atoms with van der Waals surface area (Å²) in [5, 5.41) is 0. The average molecular weight is 340 g/mol. The maximum Gasteiger partial charge on any atom is 0.260 e. The van der Waals surface area contributed by atoms with Crippen molar-refractivity contribution in [1.29, 1.82) is 0 Å². The van der Waals surface area contributed by atoms with E-state index < -0.39 is 0 Å². The van der Waals surface area contributed by atoms with E-state index in [0.717, 1.165) is 18.8 Å². The zero-order chi connectivity index (χ0) is 17.6. The molecule has 132 valence electrons. The lowest BCUT2D eigenvalue weighted by molar-refractivity contribution is -0.133. The van der Waals surface area contributed by atoms with E-state index in [-0.39, 0.29) is 12.5 Å². The minimum Gasteiger partial charge on any atom is -0.497 e. The van der Waals surface area contributed by atoms with Gasteiger partial charge in [0.05, 0.1) is 7.11 Å². The minimum absolute atomic E-state index is 0.0201. The topological polar surface area (TPSA) is 42.0 Å². The molecule has 5 nitrogen and oxygen atoms in total. The van der Waals surface area contributed by atoms with Crippen LogP contribution in [0.2, 0.25) is 0 Å². The van der Waals surface area contributed by atoms with E-state index in [4.69, 9.17) is 9.47 Å². The van der Waals surface area contributed by atoms with Gasteiger partial charge in [-0.3, -0.25) is 4.79 Å². The van der Waals surface area contributed by atoms with E-state index in [1.807, 2.05) is 23.1 Å². The molecular formula is C20H24N2O3. The first-order valence-electron chi connectivity index (χ1n) is 8.52. The second-order valence-electron chi connectivity index (χ2n) is 6.17. The average Bonchev–Trinajstić information content (AvgIpc) is 2.66. The van der Waals surface area contributed by atoms with Crippen LogP contribution in [0.4, 0.5) is 5.69 Å². The lowest BCUT2D eigenvalue weighted by Gasteiger charge is -2.36. The molecule has 0 saturated carbocycles. The molecule has 2 aromatic rings. The summed E-state index contributed by atoms with van der Waals surface area (Å²) in [6, 6.07) is 15.8. The van der Waals surface area contributed by atoms with Gasteiger partial charge in [-0.2, -0.15) is 0 Å². The van der Waals surface area contributed by atoms with Gasteiger partial charge in [-0.15, -0.1) is 0 Å². The molecule has 1 aliphatic rings. The van der Waals surface area contributed by atoms with Gasteiger partial charge in [0.25, 0.3) is 5.91 Å². The number of hydrogen-bond donors (Lipinski definition) is 0. The van der Waals surface area contributed by atoms with Gasteiger partial charge in [-0.25, -0.2) is 0 Å². The fraction of sp³-hybridized carbons (Fsp3) is 0.350. The molecule has 1 amide bonds. The molecule has 0 aliphatic carbocycles. The highest BCUT2D eigenvalue weighted by atomic mass is 16.5. The van der Waals surface area contributed by atoms with E-state index in [9.17, 15) is 4.79 Å². The van der Waals surface area contributed by atoms with Crippen LogP contribution in [0.15, 0.2) is 48.5 Å². The van der Waals surface area contributed by atoms with Crippen molar-refractivity contribution in [3.63, 3.8) is 0 Å². The highest BCUT2D eigenvalue weighted by molar-refractivity contribution is 5.78. The number of nitrogens with zero attached hydrogens (tertiary/aromatic N) is 2. The summed E-state index contributed by atoms with van der Waals surface area (Å²) in [5.74, 6) is 1.38. The molecule has 1 aliphatic heterocycles. The maximum absolute atomic E-state index is 12.4. The fourth-order valence-electron chi connectivity index (χ4n) is 2.97. The predicted octanol–water partition coefficient (Wildman–Crippen LogP) is 2.73. The number of amides is 1. The van der Waals surface area contributed by atoms with Crippen molar-refractivity contribution in [1.82, 2.24) is 4.90 Å². The minimum atomic E-state index is 0.0201. The molecule has 3 rings (SSSR count). The summed E-state index contributed by atoms with van der Waals surface area (Å²) in [7, 11) is 1.61. The molecule has 25 heavy (non-hydrogen) atoms. The van der Waals surface area contributed by atoms with Crippen LogP contribution >= 0.6 is 0 Å². The highest BCUT2D eigenvalue weighted by Crippen LogP contribution is 2.20. The number of carbonyl (C=O) groups excluding carboxylic acids is 1. The molecule has 0 spiro atoms. The second-order valence-corrected chi connectivity index (χ2v) is 6.17. The van der Waals surface area contributed by atoms with Gasteiger partial charge in [-0.1, -0.05) is 18.2 Å². The lowest BCUT2D eigenvalue weighted by atomic mass is 10.2. The van der Waals surface area contributed by atoms with Crippen LogP contribution in [-0.4, -0.2) is 50.7 Å². The number of benzene rings is 2. The van der Waals surface area contributed by atoms with Gasteiger partial charge in [0.1, 0.15) is 11.5 Å². The summed E-state index contributed by atoms with van der Waals surface area (Å²) in [6.07, 6.45) is 0. The first-order chi connectivity index (χ1) is 12.2. The molecule has 2 aromatic carbocycles. The fourth-order valence-corrected chi connectivity index (χ4v) is 2.97. The van der Waals surface area contributed by atoms with E-state index in [1.165, 1.54) is 11.3 Å². The first-order valence-corrected chi connectivity index (χ1v) is 8.52. The Kier molecular flexibility index (Phi) is 5.43. The Labute approximate surface area is 148 Å². The first kappa shape index (κ1) is 17.1. The number of aryl methyl sites for hydroxylation is 1. The molecule has 0 bridgehead atoms. The number of ether oxygens (including phenoxy) is 2. The smallest absolute Gasteiger partial charge is 0.260 e. The molecule has 0 aromatic heterocycles. The zero-order valence-corrected chi connectivity index (χ0v) is 14.8. The summed E-state index contributed by atoms with van der Waals surface area (Å²) in [4.78, 5) is 16.6. The van der Waals surface area contributed by atoms with Gasteiger partial charge in [0.15, 0.2) is 6.61 Å². The normalized spacial score (nSPS) is 14.3. The monoisotopic (exact) mass is 340 g/mol. The van der Waals surface area contributed by atoms with Crippen LogP contribution in [-0.2, 0) is 4.79 Å². The Morgan fingerprint density at radius 1 is 1.00 bits per heavy atom. The lowest BCUT2D eigenvalue weighted by Crippen LogP contribution is -2.50. The Balaban J connectivity index is 1.49. The third kappa shape index (κ3) is 4.44. The molecule has 1 fully saturated rings. The second kappa shape index (κ2) is 7.92. The molecular weight excluding hydrogens is 316 g/mol. The van der Waals surface area contributed by atoms with E-state index in [0.29, 0.717) is 18.8 Å². The van der Waals surface area contributed by atoms with Crippen molar-refractivity contribution in [2.24, 2.45) is 0 Å². The third-order valence-electron chi connectivity index (χ3n) is 4.40. The van der Waals surface area contributed by atoms with Gasteiger partial charge < -0.3 is 19.3 Å². The molecule has 0 radical (unpaired) electrons. The largest absolute Gasteiger partial charge is 0.497 e. The molecule has 1 saturated heterocycles. The Hall–Kier alpha value is -2.69. The summed E-state index contributed by atoms with van der Waals surface area (Å²) in [6.45, 7) is 5.27. The molecule has 1 heterocycles. The van der Waals surface area contributed by atoms with Gasteiger partial charge in [0.2, 0.25) is 0 Å². The number of piperazine rings is 1. The van der Waals surface area contributed by atoms with Crippen LogP contribution in [0.5, 0.6) is 11.5 Å². The van der Waals surface area contributed by atoms with Gasteiger partial charge >= 0.3 is 0 Å². The summed E-state index contributed by atoms with van der Waals surface area (Å²) >= 11 is 0. The highest BCUT2D eigenvalue weighted by Gasteiger charge is 2.21. The van der Waals surface area contributed by atoms with Crippen molar-refractivity contribution < 1.29 is 14.3 Å². The van der Waals surface area contributed by atoms with Crippen molar-refractivity contribution >= 4 is 11.6 Å². The number of hydrogen-bond acceptors (Lipinski definition) is 4. The molecule has 0 unspecified atom stereocenters. The SMILES string of the molecule is COc1cccc(OCC(=O)N2CCN(c3cccc(C)c3)CC2)c1. The Bertz CT molecular complexity index is 724. The van der Waals surface area contributed by atoms with Crippen LogP contribution in [0.1, 0.15) is 5.56 Å². The molecule has 0 N–H and O–H groups in total. The van der Waals surface area contributed by atoms with E-state index >= 15 is 0 Å². The van der Waals surface area contributed by atoms with Crippen molar-refractivity contribution in [3.05, 3.63) is 54.1 Å². The van der Waals surface area contributed by atoms with Crippen molar-refractivity contribution in [2.45, 2.75) is 6.92 Å². The van der Waals surface area contributed by atoms with Crippen molar-refractivity contribution in [3.8, 4) is 11.5 Å². The van der Waals surface area contributed by atoms with E-state index in [2.05, 4.69) is 36.1 Å². The maximum atomic E-state index is 12.4. The Morgan fingerprint density at radius 2 is 1.72 bits per heavy atom. The predicted molar refractivity (Wildman–Crippen MR) is 98.5 cm³/mol. The van der Waals surface area contributed by atoms with Crippen LogP contribution in [0.25, 0.3) is 0 Å². The summed E-state index contributed by atoms with van der Waals surface area (Å²) < 4.78 is 10.8. The van der Waals surface area contributed by atoms with Crippen LogP contribution in [0.3, 0.4) is 0 Å². The number of anilines is 1. The third-order valence-corrected chi connectivity index (χ3v) is 4.40. The Morgan fingerprint density at radius 3 is 2.44 bits per heavy atom. The zero-order valence-electron chi connectivity index (χ0n) is 14.8. The van der Waals surface area contributed by atoms with Crippen LogP contribution < -0.4 is 14.4 Å². The number of rotatable bonds is 5. The summed E-state index contributed by atoms with van der Waals surface area (Å²) in [5.41, 5.74) is 2.47. The van der Waals surface area contributed by atoms with Crippen molar-refractivity contribution in [2.75, 3.05) is 44.8 Å². The van der Waals surface area contributed by atoms with Crippen LogP contribution in [0, 0.1) is 6.92 Å². The standard InChI is InChI=1S/C20H24N2O3/c1-16-5-3-6-17(13-16)21-9-11-22(12-10-21)20(23)15-25-19-8-4-7-18(14-19)24-2/h3-8,13-14H,9-12,15H2,1-2H3. The number of methoxy groups -OCH3 is 1. The van der Waals surface area contributed by atoms with Gasteiger partial charge in [0, 0.05) is 37.9 Å².